The predicted octanol–water partition coefficient (Wildman–Crippen LogP) is 2.10. The number of nitrogens with one attached hydrogen (secondary N) is 1. The van der Waals surface area contributed by atoms with Gasteiger partial charge in [-0.2, -0.15) is 0 Å². The number of anilines is 1. The van der Waals surface area contributed by atoms with Crippen molar-refractivity contribution in [2.24, 2.45) is 5.73 Å². The lowest BCUT2D eigenvalue weighted by molar-refractivity contribution is 0.183. The molecular formula is C12H18ClN3O. The van der Waals surface area contributed by atoms with E-state index in [4.69, 9.17) is 27.5 Å². The molecule has 0 aliphatic carbocycles. The first-order valence-electron chi connectivity index (χ1n) is 5.33. The molecule has 0 radical (unpaired) electrons. The summed E-state index contributed by atoms with van der Waals surface area (Å²) in [4.78, 5) is 2.02. The van der Waals surface area contributed by atoms with Gasteiger partial charge in [-0.3, -0.25) is 5.41 Å². The van der Waals surface area contributed by atoms with Gasteiger partial charge in [-0.05, 0) is 25.1 Å². The summed E-state index contributed by atoms with van der Waals surface area (Å²) in [6.07, 6.45) is 0. The SMILES string of the molecule is COCC(C)N(C)c1ccc(Cl)cc1C(=N)N. The van der Waals surface area contributed by atoms with Gasteiger partial charge in [-0.1, -0.05) is 11.6 Å². The van der Waals surface area contributed by atoms with E-state index in [0.29, 0.717) is 17.2 Å². The monoisotopic (exact) mass is 255 g/mol. The van der Waals surface area contributed by atoms with Crippen LogP contribution in [0.4, 0.5) is 5.69 Å². The average Bonchev–Trinajstić information content (AvgIpc) is 2.28. The normalized spacial score (nSPS) is 12.2. The number of methoxy groups -OCH3 is 1. The number of halogens is 1. The fourth-order valence-corrected chi connectivity index (χ4v) is 1.79. The third-order valence-corrected chi connectivity index (χ3v) is 2.93. The van der Waals surface area contributed by atoms with Crippen molar-refractivity contribution in [1.29, 1.82) is 5.41 Å². The minimum absolute atomic E-state index is 0.0129. The van der Waals surface area contributed by atoms with Gasteiger partial charge in [0.15, 0.2) is 0 Å². The Kier molecular flexibility index (Phi) is 4.78. The Bertz CT molecular complexity index is 409. The van der Waals surface area contributed by atoms with E-state index in [0.717, 1.165) is 5.69 Å². The lowest BCUT2D eigenvalue weighted by Crippen LogP contribution is -2.34. The molecule has 1 aromatic carbocycles. The Morgan fingerprint density at radius 1 is 1.59 bits per heavy atom. The van der Waals surface area contributed by atoms with Crippen LogP contribution in [-0.4, -0.2) is 32.6 Å². The number of nitrogens with zero attached hydrogens (tertiary/aromatic N) is 1. The summed E-state index contributed by atoms with van der Waals surface area (Å²) < 4.78 is 5.12. The molecule has 0 heterocycles. The summed E-state index contributed by atoms with van der Waals surface area (Å²) in [5, 5.41) is 8.15. The Morgan fingerprint density at radius 3 is 2.76 bits per heavy atom. The second-order valence-corrected chi connectivity index (χ2v) is 4.43. The molecule has 1 rings (SSSR count). The van der Waals surface area contributed by atoms with E-state index in [9.17, 15) is 0 Å². The molecule has 0 aromatic heterocycles. The minimum atomic E-state index is 0.0129. The van der Waals surface area contributed by atoms with Gasteiger partial charge in [0.25, 0.3) is 0 Å². The minimum Gasteiger partial charge on any atom is -0.384 e. The molecule has 0 aliphatic heterocycles. The highest BCUT2D eigenvalue weighted by Crippen LogP contribution is 2.24. The van der Waals surface area contributed by atoms with Gasteiger partial charge >= 0.3 is 0 Å². The fraction of sp³-hybridized carbons (Fsp3) is 0.417. The topological polar surface area (TPSA) is 62.3 Å². The number of hydrogen-bond acceptors (Lipinski definition) is 3. The molecular weight excluding hydrogens is 238 g/mol. The van der Waals surface area contributed by atoms with Crippen molar-refractivity contribution in [1.82, 2.24) is 0 Å². The molecule has 5 heteroatoms. The molecule has 1 unspecified atom stereocenters. The van der Waals surface area contributed by atoms with Crippen molar-refractivity contribution < 1.29 is 4.74 Å². The second-order valence-electron chi connectivity index (χ2n) is 3.99. The van der Waals surface area contributed by atoms with Gasteiger partial charge in [-0.25, -0.2) is 0 Å². The van der Waals surface area contributed by atoms with E-state index in [1.54, 1.807) is 19.2 Å². The third kappa shape index (κ3) is 3.35. The van der Waals surface area contributed by atoms with E-state index in [-0.39, 0.29) is 11.9 Å². The molecule has 1 atom stereocenters. The Morgan fingerprint density at radius 2 is 2.24 bits per heavy atom. The maximum Gasteiger partial charge on any atom is 0.124 e. The molecule has 0 amide bonds. The first-order valence-corrected chi connectivity index (χ1v) is 5.71. The van der Waals surface area contributed by atoms with Crippen LogP contribution in [-0.2, 0) is 4.74 Å². The number of amidine groups is 1. The fourth-order valence-electron chi connectivity index (χ4n) is 1.62. The quantitative estimate of drug-likeness (QED) is 0.626. The Balaban J connectivity index is 3.08. The van der Waals surface area contributed by atoms with Crippen molar-refractivity contribution in [2.75, 3.05) is 25.7 Å². The highest BCUT2D eigenvalue weighted by atomic mass is 35.5. The number of benzene rings is 1. The lowest BCUT2D eigenvalue weighted by atomic mass is 10.1. The van der Waals surface area contributed by atoms with Gasteiger partial charge < -0.3 is 15.4 Å². The van der Waals surface area contributed by atoms with E-state index < -0.39 is 0 Å². The maximum atomic E-state index is 7.57. The van der Waals surface area contributed by atoms with Crippen molar-refractivity contribution in [3.05, 3.63) is 28.8 Å². The highest BCUT2D eigenvalue weighted by molar-refractivity contribution is 6.31. The average molecular weight is 256 g/mol. The summed E-state index contributed by atoms with van der Waals surface area (Å²) in [5.74, 6) is 0.0129. The number of ether oxygens (including phenoxy) is 1. The summed E-state index contributed by atoms with van der Waals surface area (Å²) >= 11 is 5.91. The lowest BCUT2D eigenvalue weighted by Gasteiger charge is -2.28. The van der Waals surface area contributed by atoms with E-state index in [1.165, 1.54) is 0 Å². The van der Waals surface area contributed by atoms with Gasteiger partial charge in [0.1, 0.15) is 5.84 Å². The molecule has 17 heavy (non-hydrogen) atoms. The van der Waals surface area contributed by atoms with Crippen LogP contribution >= 0.6 is 11.6 Å². The molecule has 0 fully saturated rings. The van der Waals surface area contributed by atoms with Crippen molar-refractivity contribution >= 4 is 23.1 Å². The molecule has 0 saturated heterocycles. The van der Waals surface area contributed by atoms with Crippen LogP contribution in [0, 0.1) is 5.41 Å². The smallest absolute Gasteiger partial charge is 0.124 e. The van der Waals surface area contributed by atoms with E-state index >= 15 is 0 Å². The predicted molar refractivity (Wildman–Crippen MR) is 72.2 cm³/mol. The van der Waals surface area contributed by atoms with Crippen LogP contribution in [0.2, 0.25) is 5.02 Å². The van der Waals surface area contributed by atoms with Crippen LogP contribution in [0.15, 0.2) is 18.2 Å². The van der Waals surface area contributed by atoms with Gasteiger partial charge in [0.2, 0.25) is 0 Å². The van der Waals surface area contributed by atoms with Crippen LogP contribution in [0.5, 0.6) is 0 Å². The van der Waals surface area contributed by atoms with Crippen LogP contribution < -0.4 is 10.6 Å². The maximum absolute atomic E-state index is 7.57. The molecule has 4 nitrogen and oxygen atoms in total. The number of nitrogen functional groups attached to an aromatic ring is 1. The standard InChI is InChI=1S/C12H18ClN3O/c1-8(7-17-3)16(2)11-5-4-9(13)6-10(11)12(14)15/h4-6,8H,7H2,1-3H3,(H3,14,15). The van der Waals surface area contributed by atoms with Gasteiger partial charge in [0.05, 0.1) is 6.61 Å². The molecule has 0 bridgehead atoms. The summed E-state index contributed by atoms with van der Waals surface area (Å²) in [6, 6.07) is 5.55. The highest BCUT2D eigenvalue weighted by Gasteiger charge is 2.15. The summed E-state index contributed by atoms with van der Waals surface area (Å²) in [5.41, 5.74) is 7.08. The molecule has 0 aliphatic rings. The zero-order valence-corrected chi connectivity index (χ0v) is 11.1. The first-order chi connectivity index (χ1) is 7.97. The Hall–Kier alpha value is -1.26. The second kappa shape index (κ2) is 5.89. The van der Waals surface area contributed by atoms with Crippen LogP contribution in [0.1, 0.15) is 12.5 Å². The summed E-state index contributed by atoms with van der Waals surface area (Å²) in [6.45, 7) is 2.65. The van der Waals surface area contributed by atoms with E-state index in [1.807, 2.05) is 24.9 Å². The van der Waals surface area contributed by atoms with Gasteiger partial charge in [-0.15, -0.1) is 0 Å². The van der Waals surface area contributed by atoms with Gasteiger partial charge in [0, 0.05) is 36.5 Å². The Labute approximate surface area is 107 Å². The van der Waals surface area contributed by atoms with Crippen molar-refractivity contribution in [2.45, 2.75) is 13.0 Å². The van der Waals surface area contributed by atoms with Crippen molar-refractivity contribution in [3.63, 3.8) is 0 Å². The summed E-state index contributed by atoms with van der Waals surface area (Å²) in [7, 11) is 3.61. The molecule has 0 saturated carbocycles. The largest absolute Gasteiger partial charge is 0.384 e. The zero-order chi connectivity index (χ0) is 13.0. The van der Waals surface area contributed by atoms with Crippen molar-refractivity contribution in [3.8, 4) is 0 Å². The van der Waals surface area contributed by atoms with E-state index in [2.05, 4.69) is 0 Å². The third-order valence-electron chi connectivity index (χ3n) is 2.70. The number of nitrogens with two attached hydrogens (primary N) is 1. The first kappa shape index (κ1) is 13.8. The van der Waals surface area contributed by atoms with Crippen LogP contribution in [0.25, 0.3) is 0 Å². The number of rotatable bonds is 5. The number of likely N-dealkylation sites (N-methyl/N-ethyl adjacent to an activating group) is 1. The molecule has 3 N–H and O–H groups in total. The molecule has 0 spiro atoms. The van der Waals surface area contributed by atoms with Crippen LogP contribution in [0.3, 0.4) is 0 Å². The number of hydrogen-bond donors (Lipinski definition) is 2. The molecule has 1 aromatic rings. The molecule has 94 valence electrons. The zero-order valence-electron chi connectivity index (χ0n) is 10.3.